The molecule has 0 saturated heterocycles. The lowest BCUT2D eigenvalue weighted by Crippen LogP contribution is -2.30. The minimum absolute atomic E-state index is 0.0608. The fourth-order valence-corrected chi connectivity index (χ4v) is 10.5. The summed E-state index contributed by atoms with van der Waals surface area (Å²) in [6.45, 7) is 9.11. The molecule has 0 bridgehead atoms. The fourth-order valence-electron chi connectivity index (χ4n) is 10.5. The van der Waals surface area contributed by atoms with Gasteiger partial charge in [-0.2, -0.15) is 0 Å². The number of hydrogen-bond acceptors (Lipinski definition) is 6. The van der Waals surface area contributed by atoms with E-state index in [4.69, 9.17) is 14.2 Å². The molecule has 0 saturated carbocycles. The summed E-state index contributed by atoms with van der Waals surface area (Å²) in [6, 6.07) is 0. The maximum absolute atomic E-state index is 12.9. The van der Waals surface area contributed by atoms with E-state index in [9.17, 15) is 14.4 Å². The van der Waals surface area contributed by atoms with Gasteiger partial charge in [-0.15, -0.1) is 0 Å². The van der Waals surface area contributed by atoms with Crippen molar-refractivity contribution in [3.63, 3.8) is 0 Å². The molecule has 0 aromatic carbocycles. The largest absolute Gasteiger partial charge is 0.462 e. The van der Waals surface area contributed by atoms with Crippen molar-refractivity contribution >= 4 is 17.9 Å². The van der Waals surface area contributed by atoms with Crippen molar-refractivity contribution < 1.29 is 28.6 Å². The summed E-state index contributed by atoms with van der Waals surface area (Å²) in [5.74, 6) is 0.0352. The van der Waals surface area contributed by atoms with Crippen LogP contribution >= 0.6 is 0 Å². The summed E-state index contributed by atoms with van der Waals surface area (Å²) in [6.07, 6.45) is 69.7. The number of hydrogen-bond donors (Lipinski definition) is 0. The Morgan fingerprint density at radius 1 is 0.260 bits per heavy atom. The van der Waals surface area contributed by atoms with Crippen LogP contribution in [0.4, 0.5) is 0 Å². The summed E-state index contributed by atoms with van der Waals surface area (Å²) < 4.78 is 17.0. The van der Waals surface area contributed by atoms with Gasteiger partial charge in [0.1, 0.15) is 13.2 Å². The zero-order valence-corrected chi connectivity index (χ0v) is 50.1. The van der Waals surface area contributed by atoms with Crippen molar-refractivity contribution in [3.8, 4) is 0 Å². The van der Waals surface area contributed by atoms with E-state index in [0.717, 1.165) is 63.7 Å². The molecule has 0 aliphatic carbocycles. The van der Waals surface area contributed by atoms with Crippen molar-refractivity contribution in [2.75, 3.05) is 13.2 Å². The molecular weight excluding hydrogens is 901 g/mol. The Kier molecular flexibility index (Phi) is 59.9. The fraction of sp³-hybridized carbons (Fsp3) is 0.955. The first-order chi connectivity index (χ1) is 35.9. The van der Waals surface area contributed by atoms with Crippen LogP contribution in [-0.2, 0) is 28.6 Å². The Morgan fingerprint density at radius 3 is 0.671 bits per heavy atom. The van der Waals surface area contributed by atoms with Gasteiger partial charge in [0.25, 0.3) is 0 Å². The second-order valence-electron chi connectivity index (χ2n) is 23.6. The standard InChI is InChI=1S/C67H130O6/c1-5-7-9-11-13-15-17-19-21-22-23-28-32-36-40-44-48-52-56-60-67(70)73-64(61-71-65(68)58-54-50-46-42-38-34-29-20-18-16-14-12-10-8-6-2)62-72-66(69)59-55-51-47-43-39-35-31-27-25-24-26-30-33-37-41-45-49-53-57-63(3)4/h63-64H,5-62H2,1-4H3/t64-/m0/s1. The first-order valence-electron chi connectivity index (χ1n) is 33.4. The Balaban J connectivity index is 4.26. The summed E-state index contributed by atoms with van der Waals surface area (Å²) in [7, 11) is 0. The second kappa shape index (κ2) is 61.3. The highest BCUT2D eigenvalue weighted by atomic mass is 16.6. The highest BCUT2D eigenvalue weighted by molar-refractivity contribution is 5.71. The number of carbonyl (C=O) groups excluding carboxylic acids is 3. The molecule has 434 valence electrons. The van der Waals surface area contributed by atoms with Crippen LogP contribution < -0.4 is 0 Å². The van der Waals surface area contributed by atoms with Crippen LogP contribution in [0.1, 0.15) is 387 Å². The Morgan fingerprint density at radius 2 is 0.452 bits per heavy atom. The van der Waals surface area contributed by atoms with Gasteiger partial charge in [-0.1, -0.05) is 349 Å². The van der Waals surface area contributed by atoms with Gasteiger partial charge in [0.2, 0.25) is 0 Å². The summed E-state index contributed by atoms with van der Waals surface area (Å²) in [5.41, 5.74) is 0. The van der Waals surface area contributed by atoms with E-state index < -0.39 is 6.10 Å². The normalized spacial score (nSPS) is 12.0. The van der Waals surface area contributed by atoms with Crippen molar-refractivity contribution in [2.45, 2.75) is 393 Å². The monoisotopic (exact) mass is 1030 g/mol. The SMILES string of the molecule is CCCCCCCCCCCCCCCCCCCCCC(=O)O[C@@H](COC(=O)CCCCCCCCCCCCCCCCC)COC(=O)CCCCCCCCCCCCCCCCCCCCC(C)C. The molecular formula is C67H130O6. The van der Waals surface area contributed by atoms with Gasteiger partial charge in [0, 0.05) is 19.3 Å². The quantitative estimate of drug-likeness (QED) is 0.0343. The number of rotatable bonds is 62. The molecule has 0 unspecified atom stereocenters. The van der Waals surface area contributed by atoms with Gasteiger partial charge in [-0.05, 0) is 25.2 Å². The molecule has 6 nitrogen and oxygen atoms in total. The van der Waals surface area contributed by atoms with Crippen LogP contribution in [0.3, 0.4) is 0 Å². The zero-order valence-electron chi connectivity index (χ0n) is 50.1. The predicted octanol–water partition coefficient (Wildman–Crippen LogP) is 22.5. The third kappa shape index (κ3) is 61.1. The van der Waals surface area contributed by atoms with E-state index in [2.05, 4.69) is 27.7 Å². The van der Waals surface area contributed by atoms with E-state index in [1.165, 1.54) is 283 Å². The summed E-state index contributed by atoms with van der Waals surface area (Å²) in [5, 5.41) is 0. The number of ether oxygens (including phenoxy) is 3. The third-order valence-corrected chi connectivity index (χ3v) is 15.5. The molecule has 0 aliphatic heterocycles. The summed E-state index contributed by atoms with van der Waals surface area (Å²) >= 11 is 0. The first kappa shape index (κ1) is 71.4. The van der Waals surface area contributed by atoms with Gasteiger partial charge >= 0.3 is 17.9 Å². The summed E-state index contributed by atoms with van der Waals surface area (Å²) in [4.78, 5) is 38.4. The molecule has 0 radical (unpaired) electrons. The molecule has 6 heteroatoms. The van der Waals surface area contributed by atoms with Crippen LogP contribution in [0.15, 0.2) is 0 Å². The molecule has 0 heterocycles. The third-order valence-electron chi connectivity index (χ3n) is 15.5. The Hall–Kier alpha value is -1.59. The van der Waals surface area contributed by atoms with Crippen molar-refractivity contribution in [3.05, 3.63) is 0 Å². The highest BCUT2D eigenvalue weighted by Crippen LogP contribution is 2.19. The average Bonchev–Trinajstić information content (AvgIpc) is 3.38. The molecule has 0 rings (SSSR count). The van der Waals surface area contributed by atoms with Gasteiger partial charge in [-0.3, -0.25) is 14.4 Å². The molecule has 1 atom stereocenters. The average molecular weight is 1030 g/mol. The highest BCUT2D eigenvalue weighted by Gasteiger charge is 2.19. The van der Waals surface area contributed by atoms with E-state index in [1.54, 1.807) is 0 Å². The minimum atomic E-state index is -0.763. The first-order valence-corrected chi connectivity index (χ1v) is 33.4. The Labute approximate surface area is 457 Å². The lowest BCUT2D eigenvalue weighted by molar-refractivity contribution is -0.167. The molecule has 0 amide bonds. The van der Waals surface area contributed by atoms with E-state index in [-0.39, 0.29) is 31.1 Å². The molecule has 0 N–H and O–H groups in total. The van der Waals surface area contributed by atoms with Crippen LogP contribution in [-0.4, -0.2) is 37.2 Å². The molecule has 0 fully saturated rings. The maximum Gasteiger partial charge on any atom is 0.306 e. The Bertz CT molecular complexity index is 1110. The molecule has 0 aliphatic rings. The number of unbranched alkanes of at least 4 members (excludes halogenated alkanes) is 49. The molecule has 0 aromatic heterocycles. The molecule has 0 spiro atoms. The van der Waals surface area contributed by atoms with E-state index in [0.29, 0.717) is 19.3 Å². The minimum Gasteiger partial charge on any atom is -0.462 e. The van der Waals surface area contributed by atoms with Crippen molar-refractivity contribution in [1.29, 1.82) is 0 Å². The van der Waals surface area contributed by atoms with Gasteiger partial charge in [-0.25, -0.2) is 0 Å². The lowest BCUT2D eigenvalue weighted by atomic mass is 10.0. The zero-order chi connectivity index (χ0) is 53.0. The van der Waals surface area contributed by atoms with Crippen LogP contribution in [0, 0.1) is 5.92 Å². The van der Waals surface area contributed by atoms with Gasteiger partial charge in [0.15, 0.2) is 6.10 Å². The second-order valence-corrected chi connectivity index (χ2v) is 23.6. The number of carbonyl (C=O) groups is 3. The lowest BCUT2D eigenvalue weighted by Gasteiger charge is -2.18. The van der Waals surface area contributed by atoms with E-state index in [1.807, 2.05) is 0 Å². The smallest absolute Gasteiger partial charge is 0.306 e. The molecule has 73 heavy (non-hydrogen) atoms. The van der Waals surface area contributed by atoms with Crippen molar-refractivity contribution in [1.82, 2.24) is 0 Å². The van der Waals surface area contributed by atoms with E-state index >= 15 is 0 Å². The number of esters is 3. The van der Waals surface area contributed by atoms with Crippen LogP contribution in [0.5, 0.6) is 0 Å². The predicted molar refractivity (Wildman–Crippen MR) is 317 cm³/mol. The van der Waals surface area contributed by atoms with Crippen LogP contribution in [0.2, 0.25) is 0 Å². The van der Waals surface area contributed by atoms with Crippen LogP contribution in [0.25, 0.3) is 0 Å². The van der Waals surface area contributed by atoms with Gasteiger partial charge in [0.05, 0.1) is 0 Å². The maximum atomic E-state index is 12.9. The topological polar surface area (TPSA) is 78.9 Å². The van der Waals surface area contributed by atoms with Gasteiger partial charge < -0.3 is 14.2 Å². The molecule has 0 aromatic rings. The van der Waals surface area contributed by atoms with Crippen molar-refractivity contribution in [2.24, 2.45) is 5.92 Å².